The van der Waals surface area contributed by atoms with E-state index in [1.54, 1.807) is 37.4 Å². The molecule has 40 heavy (non-hydrogen) atoms. The van der Waals surface area contributed by atoms with Gasteiger partial charge in [0.1, 0.15) is 17.4 Å². The van der Waals surface area contributed by atoms with Crippen molar-refractivity contribution >= 4 is 16.5 Å². The van der Waals surface area contributed by atoms with Gasteiger partial charge in [0.2, 0.25) is 0 Å². The van der Waals surface area contributed by atoms with E-state index < -0.39 is 40.4 Å². The maximum Gasteiger partial charge on any atom is 0.423 e. The molecule has 0 aliphatic rings. The van der Waals surface area contributed by atoms with Crippen LogP contribution in [-0.2, 0) is 26.2 Å². The summed E-state index contributed by atoms with van der Waals surface area (Å²) in [5.41, 5.74) is -1.81. The number of aryl methyl sites for hydroxylation is 3. The molecule has 1 N–H and O–H groups in total. The van der Waals surface area contributed by atoms with Crippen LogP contribution in [0.1, 0.15) is 43.5 Å². The molecular weight excluding hydrogens is 528 g/mol. The highest BCUT2D eigenvalue weighted by Crippen LogP contribution is 2.32. The fourth-order valence-corrected chi connectivity index (χ4v) is 4.53. The number of rotatable bonds is 8. The topological polar surface area (TPSA) is 106 Å². The first-order valence-electron chi connectivity index (χ1n) is 12.6. The van der Waals surface area contributed by atoms with Gasteiger partial charge in [-0.05, 0) is 61.9 Å². The van der Waals surface area contributed by atoms with Crippen molar-refractivity contribution in [1.82, 2.24) is 19.3 Å². The molecule has 0 saturated heterocycles. The van der Waals surface area contributed by atoms with E-state index in [4.69, 9.17) is 0 Å². The van der Waals surface area contributed by atoms with Gasteiger partial charge in [-0.1, -0.05) is 6.92 Å². The van der Waals surface area contributed by atoms with E-state index in [9.17, 15) is 28.0 Å². The molecule has 0 aliphatic carbocycles. The Morgan fingerprint density at radius 3 is 2.58 bits per heavy atom. The molecule has 0 unspecified atom stereocenters. The predicted molar refractivity (Wildman–Crippen MR) is 142 cm³/mol. The number of aromatic nitrogens is 4. The fraction of sp³-hybridized carbons (Fsp3) is 0.321. The third-order valence-corrected chi connectivity index (χ3v) is 6.63. The summed E-state index contributed by atoms with van der Waals surface area (Å²) < 4.78 is 57.5. The minimum atomic E-state index is -4.85. The number of fused-ring (bicyclic) bond motifs is 1. The Morgan fingerprint density at radius 2 is 1.90 bits per heavy atom. The molecule has 4 aromatic rings. The molecule has 0 aliphatic heterocycles. The lowest BCUT2D eigenvalue weighted by molar-refractivity contribution is -0.138. The van der Waals surface area contributed by atoms with Crippen LogP contribution in [0.3, 0.4) is 0 Å². The monoisotopic (exact) mass is 554 g/mol. The van der Waals surface area contributed by atoms with Crippen molar-refractivity contribution < 1.29 is 17.6 Å². The fourth-order valence-electron chi connectivity index (χ4n) is 4.53. The third-order valence-electron chi connectivity index (χ3n) is 6.63. The van der Waals surface area contributed by atoms with Crippen LogP contribution in [-0.4, -0.2) is 25.4 Å². The molecule has 0 saturated carbocycles. The highest BCUT2D eigenvalue weighted by molar-refractivity contribution is 5.86. The lowest BCUT2D eigenvalue weighted by atomic mass is 10.0. The van der Waals surface area contributed by atoms with Crippen molar-refractivity contribution in [2.45, 2.75) is 51.9 Å². The van der Waals surface area contributed by atoms with Crippen LogP contribution in [0.25, 0.3) is 22.0 Å². The van der Waals surface area contributed by atoms with Crippen LogP contribution < -0.4 is 16.4 Å². The Kier molecular flexibility index (Phi) is 8.04. The van der Waals surface area contributed by atoms with E-state index in [-0.39, 0.29) is 17.5 Å². The second-order valence-corrected chi connectivity index (χ2v) is 9.44. The van der Waals surface area contributed by atoms with E-state index in [1.165, 1.54) is 10.6 Å². The number of hydrogen-bond acceptors (Lipinski definition) is 6. The van der Waals surface area contributed by atoms with Crippen LogP contribution in [0.15, 0.2) is 52.3 Å². The average molecular weight is 555 g/mol. The third kappa shape index (κ3) is 5.73. The number of anilines is 1. The molecule has 3 heterocycles. The summed E-state index contributed by atoms with van der Waals surface area (Å²) in [4.78, 5) is 29.5. The smallest absolute Gasteiger partial charge is 0.381 e. The summed E-state index contributed by atoms with van der Waals surface area (Å²) in [6.45, 7) is 3.77. The number of pyridine rings is 2. The first-order valence-corrected chi connectivity index (χ1v) is 12.6. The second kappa shape index (κ2) is 11.3. The molecular formula is C28H26F4N6O2. The van der Waals surface area contributed by atoms with Gasteiger partial charge in [0.05, 0.1) is 34.2 Å². The first-order chi connectivity index (χ1) is 18.9. The zero-order chi connectivity index (χ0) is 29.2. The predicted octanol–water partition coefficient (Wildman–Crippen LogP) is 5.03. The van der Waals surface area contributed by atoms with Gasteiger partial charge in [0.15, 0.2) is 0 Å². The Hall–Kier alpha value is -4.53. The largest absolute Gasteiger partial charge is 0.423 e. The lowest BCUT2D eigenvalue weighted by Gasteiger charge is -2.19. The number of alkyl halides is 3. The summed E-state index contributed by atoms with van der Waals surface area (Å²) in [5, 5.41) is 16.3. The molecule has 0 amide bonds. The molecule has 1 atom stereocenters. The van der Waals surface area contributed by atoms with E-state index in [0.29, 0.717) is 46.3 Å². The molecule has 4 rings (SSSR count). The van der Waals surface area contributed by atoms with Crippen molar-refractivity contribution in [3.05, 3.63) is 86.1 Å². The normalized spacial score (nSPS) is 12.3. The van der Waals surface area contributed by atoms with Gasteiger partial charge >= 0.3 is 6.18 Å². The molecule has 0 bridgehead atoms. The van der Waals surface area contributed by atoms with Gasteiger partial charge in [-0.2, -0.15) is 23.5 Å². The van der Waals surface area contributed by atoms with Crippen LogP contribution in [0.4, 0.5) is 23.2 Å². The van der Waals surface area contributed by atoms with Crippen molar-refractivity contribution in [3.8, 4) is 17.3 Å². The lowest BCUT2D eigenvalue weighted by Crippen LogP contribution is -2.31. The Balaban J connectivity index is 1.50. The maximum atomic E-state index is 15.1. The van der Waals surface area contributed by atoms with Crippen LogP contribution in [0.5, 0.6) is 0 Å². The molecule has 8 nitrogen and oxygen atoms in total. The van der Waals surface area contributed by atoms with Crippen molar-refractivity contribution in [1.29, 1.82) is 5.26 Å². The highest BCUT2D eigenvalue weighted by atomic mass is 19.4. The van der Waals surface area contributed by atoms with Gasteiger partial charge in [-0.15, -0.1) is 0 Å². The van der Waals surface area contributed by atoms with Crippen molar-refractivity contribution in [3.63, 3.8) is 0 Å². The minimum Gasteiger partial charge on any atom is -0.381 e. The summed E-state index contributed by atoms with van der Waals surface area (Å²) in [5.74, 6) is -0.623. The SMILES string of the molecule is CCc1nc(-c2cc3ccn(CCC[C@H](C)Nc4cnn(C)c(=O)c4C(F)(F)F)c(=O)c3cc2F)ccc1C#N. The number of nitriles is 1. The van der Waals surface area contributed by atoms with E-state index in [2.05, 4.69) is 21.5 Å². The maximum absolute atomic E-state index is 15.1. The summed E-state index contributed by atoms with van der Waals surface area (Å²) in [6.07, 6.45) is -0.978. The van der Waals surface area contributed by atoms with Crippen LogP contribution in [0.2, 0.25) is 0 Å². The second-order valence-electron chi connectivity index (χ2n) is 9.44. The molecule has 1 aromatic carbocycles. The van der Waals surface area contributed by atoms with Crippen LogP contribution in [0, 0.1) is 17.1 Å². The zero-order valence-electron chi connectivity index (χ0n) is 22.0. The number of benzene rings is 1. The summed E-state index contributed by atoms with van der Waals surface area (Å²) in [7, 11) is 1.14. The highest BCUT2D eigenvalue weighted by Gasteiger charge is 2.38. The molecule has 3 aromatic heterocycles. The minimum absolute atomic E-state index is 0.181. The van der Waals surface area contributed by atoms with Crippen molar-refractivity contribution in [2.75, 3.05) is 5.32 Å². The molecule has 0 radical (unpaired) electrons. The summed E-state index contributed by atoms with van der Waals surface area (Å²) >= 11 is 0. The molecule has 0 fully saturated rings. The number of halogens is 4. The zero-order valence-corrected chi connectivity index (χ0v) is 22.0. The molecule has 12 heteroatoms. The van der Waals surface area contributed by atoms with Crippen LogP contribution >= 0.6 is 0 Å². The quantitative estimate of drug-likeness (QED) is 0.306. The first kappa shape index (κ1) is 28.5. The number of nitrogens with one attached hydrogen (secondary N) is 1. The van der Waals surface area contributed by atoms with E-state index >= 15 is 4.39 Å². The van der Waals surface area contributed by atoms with Gasteiger partial charge in [-0.25, -0.2) is 9.07 Å². The van der Waals surface area contributed by atoms with Gasteiger partial charge in [0, 0.05) is 31.4 Å². The standard InChI is InChI=1S/C28H26F4N6O2/c1-4-22-18(14-33)7-8-23(36-22)20-12-17-9-11-38(26(39)19(17)13-21(20)29)10-5-6-16(2)35-24-15-34-37(3)27(40)25(24)28(30,31)32/h7-9,11-13,15-16,35H,4-6,10H2,1-3H3/t16-/m0/s1. The summed E-state index contributed by atoms with van der Waals surface area (Å²) in [6, 6.07) is 9.17. The molecule has 208 valence electrons. The number of hydrogen-bond donors (Lipinski definition) is 1. The van der Waals surface area contributed by atoms with Gasteiger partial charge in [0.25, 0.3) is 11.1 Å². The van der Waals surface area contributed by atoms with E-state index in [1.807, 2.05) is 6.92 Å². The Labute approximate surface area is 226 Å². The Bertz CT molecular complexity index is 1740. The van der Waals surface area contributed by atoms with Crippen molar-refractivity contribution in [2.24, 2.45) is 7.05 Å². The number of nitrogens with zero attached hydrogens (tertiary/aromatic N) is 5. The Morgan fingerprint density at radius 1 is 1.15 bits per heavy atom. The van der Waals surface area contributed by atoms with E-state index in [0.717, 1.165) is 13.2 Å². The van der Waals surface area contributed by atoms with Gasteiger partial charge in [-0.3, -0.25) is 14.6 Å². The van der Waals surface area contributed by atoms with Gasteiger partial charge < -0.3 is 9.88 Å². The average Bonchev–Trinajstić information content (AvgIpc) is 2.91. The molecule has 0 spiro atoms.